The maximum Gasteiger partial charge on any atom is 0.261 e. The molecule has 0 aromatic heterocycles. The summed E-state index contributed by atoms with van der Waals surface area (Å²) in [7, 11) is 1.51. The average molecular weight is 473 g/mol. The first-order valence-corrected chi connectivity index (χ1v) is 11.8. The number of halogens is 2. The van der Waals surface area contributed by atoms with E-state index in [9.17, 15) is 8.42 Å². The monoisotopic (exact) mass is 472 g/mol. The molecule has 0 radical (unpaired) electrons. The van der Waals surface area contributed by atoms with Crippen molar-refractivity contribution in [3.05, 3.63) is 114 Å². The number of ether oxygens (including phenoxy) is 2. The molecule has 0 atom stereocenters. The minimum atomic E-state index is -3.70. The molecule has 0 aliphatic heterocycles. The summed E-state index contributed by atoms with van der Waals surface area (Å²) in [6.45, 7) is 0. The molecule has 158 valence electrons. The zero-order chi connectivity index (χ0) is 22.1. The van der Waals surface area contributed by atoms with E-state index in [4.69, 9.17) is 31.8 Å². The Bertz CT molecular complexity index is 1140. The number of rotatable bonds is 5. The topological polar surface area (TPSA) is 52.6 Å². The Morgan fingerprint density at radius 2 is 0.871 bits per heavy atom. The van der Waals surface area contributed by atoms with Gasteiger partial charge in [0.25, 0.3) is 9.05 Å². The van der Waals surface area contributed by atoms with Gasteiger partial charge in [0.05, 0.1) is 4.90 Å². The van der Waals surface area contributed by atoms with Crippen LogP contribution in [0, 0.1) is 0 Å². The standard InChI is InChI=1S/C12H8Cl2O3S.C12H10O/c13-9-1-3-10(4-2-9)17-11-5-7-12(8-6-11)18(14,15)16;1-3-7-11(8-4-1)13-12-9-5-2-6-10-12/h1-8H;1-10H. The third-order valence-electron chi connectivity index (χ3n) is 3.88. The second kappa shape index (κ2) is 10.9. The second-order valence-corrected chi connectivity index (χ2v) is 9.20. The lowest BCUT2D eigenvalue weighted by molar-refractivity contribution is 0.482. The fourth-order valence-corrected chi connectivity index (χ4v) is 3.32. The van der Waals surface area contributed by atoms with E-state index in [0.717, 1.165) is 11.5 Å². The number of para-hydroxylation sites is 2. The lowest BCUT2D eigenvalue weighted by Crippen LogP contribution is -1.90. The van der Waals surface area contributed by atoms with Crippen molar-refractivity contribution in [2.24, 2.45) is 0 Å². The normalized spacial score (nSPS) is 10.5. The minimum absolute atomic E-state index is 0.0348. The van der Waals surface area contributed by atoms with Gasteiger partial charge in [-0.15, -0.1) is 0 Å². The third-order valence-corrected chi connectivity index (χ3v) is 5.50. The smallest absolute Gasteiger partial charge is 0.261 e. The fraction of sp³-hybridized carbons (Fsp3) is 0. The lowest BCUT2D eigenvalue weighted by Gasteiger charge is -2.05. The zero-order valence-electron chi connectivity index (χ0n) is 16.2. The van der Waals surface area contributed by atoms with Crippen LogP contribution in [0.2, 0.25) is 5.02 Å². The van der Waals surface area contributed by atoms with Crippen LogP contribution in [0.15, 0.2) is 114 Å². The Balaban J connectivity index is 0.000000185. The largest absolute Gasteiger partial charge is 0.457 e. The summed E-state index contributed by atoms with van der Waals surface area (Å²) in [5.74, 6) is 2.87. The van der Waals surface area contributed by atoms with E-state index in [1.54, 1.807) is 24.3 Å². The van der Waals surface area contributed by atoms with E-state index in [-0.39, 0.29) is 4.90 Å². The van der Waals surface area contributed by atoms with Crippen molar-refractivity contribution in [2.45, 2.75) is 4.90 Å². The van der Waals surface area contributed by atoms with Crippen LogP contribution in [-0.4, -0.2) is 8.42 Å². The van der Waals surface area contributed by atoms with E-state index >= 15 is 0 Å². The molecule has 4 nitrogen and oxygen atoms in total. The van der Waals surface area contributed by atoms with Crippen LogP contribution >= 0.6 is 22.3 Å². The Labute approximate surface area is 191 Å². The molecule has 0 N–H and O–H groups in total. The number of hydrogen-bond donors (Lipinski definition) is 0. The van der Waals surface area contributed by atoms with Crippen LogP contribution in [-0.2, 0) is 9.05 Å². The van der Waals surface area contributed by atoms with Gasteiger partial charge < -0.3 is 9.47 Å². The highest BCUT2D eigenvalue weighted by Crippen LogP contribution is 2.25. The van der Waals surface area contributed by atoms with Gasteiger partial charge in [0.15, 0.2) is 0 Å². The molecule has 7 heteroatoms. The molecule has 0 bridgehead atoms. The number of benzene rings is 4. The molecule has 0 fully saturated rings. The van der Waals surface area contributed by atoms with Gasteiger partial charge in [0, 0.05) is 15.7 Å². The van der Waals surface area contributed by atoms with Crippen LogP contribution in [0.1, 0.15) is 0 Å². The van der Waals surface area contributed by atoms with E-state index in [1.807, 2.05) is 60.7 Å². The van der Waals surface area contributed by atoms with Crippen molar-refractivity contribution >= 4 is 31.3 Å². The maximum atomic E-state index is 11.0. The Kier molecular flexibility index (Phi) is 7.95. The Morgan fingerprint density at radius 3 is 1.26 bits per heavy atom. The minimum Gasteiger partial charge on any atom is -0.457 e. The van der Waals surface area contributed by atoms with Crippen molar-refractivity contribution in [3.8, 4) is 23.0 Å². The van der Waals surface area contributed by atoms with Crippen molar-refractivity contribution in [1.82, 2.24) is 0 Å². The molecular weight excluding hydrogens is 455 g/mol. The third kappa shape index (κ3) is 7.64. The van der Waals surface area contributed by atoms with Crippen LogP contribution in [0.5, 0.6) is 23.0 Å². The van der Waals surface area contributed by atoms with Crippen LogP contribution in [0.3, 0.4) is 0 Å². The average Bonchev–Trinajstić information content (AvgIpc) is 2.77. The summed E-state index contributed by atoms with van der Waals surface area (Å²) in [5.41, 5.74) is 0. The molecule has 0 spiro atoms. The zero-order valence-corrected chi connectivity index (χ0v) is 18.5. The molecule has 4 aromatic carbocycles. The molecule has 0 aliphatic rings. The van der Waals surface area contributed by atoms with Crippen molar-refractivity contribution in [3.63, 3.8) is 0 Å². The summed E-state index contributed by atoms with van der Waals surface area (Å²) in [5, 5.41) is 0.617. The quantitative estimate of drug-likeness (QED) is 0.281. The fourth-order valence-electron chi connectivity index (χ4n) is 2.42. The van der Waals surface area contributed by atoms with Crippen molar-refractivity contribution in [1.29, 1.82) is 0 Å². The Morgan fingerprint density at radius 1 is 0.516 bits per heavy atom. The number of hydrogen-bond acceptors (Lipinski definition) is 4. The summed E-state index contributed by atoms with van der Waals surface area (Å²) < 4.78 is 33.2. The highest BCUT2D eigenvalue weighted by atomic mass is 35.7. The lowest BCUT2D eigenvalue weighted by atomic mass is 10.3. The summed E-state index contributed by atoms with van der Waals surface area (Å²) in [4.78, 5) is 0.0348. The highest BCUT2D eigenvalue weighted by Gasteiger charge is 2.09. The molecule has 4 aromatic rings. The predicted molar refractivity (Wildman–Crippen MR) is 124 cm³/mol. The SMILES string of the molecule is O=S(=O)(Cl)c1ccc(Oc2ccc(Cl)cc2)cc1.c1ccc(Oc2ccccc2)cc1. The molecule has 0 saturated heterocycles. The van der Waals surface area contributed by atoms with Crippen molar-refractivity contribution in [2.75, 3.05) is 0 Å². The van der Waals surface area contributed by atoms with Crippen LogP contribution in [0.4, 0.5) is 0 Å². The van der Waals surface area contributed by atoms with Crippen LogP contribution in [0.25, 0.3) is 0 Å². The summed E-state index contributed by atoms with van der Waals surface area (Å²) >= 11 is 5.75. The summed E-state index contributed by atoms with van der Waals surface area (Å²) in [6, 6.07) is 32.2. The predicted octanol–water partition coefficient (Wildman–Crippen LogP) is 7.54. The van der Waals surface area contributed by atoms with Gasteiger partial charge in [-0.25, -0.2) is 8.42 Å². The summed E-state index contributed by atoms with van der Waals surface area (Å²) in [6.07, 6.45) is 0. The second-order valence-electron chi connectivity index (χ2n) is 6.19. The van der Waals surface area contributed by atoms with E-state index in [2.05, 4.69) is 0 Å². The van der Waals surface area contributed by atoms with E-state index in [1.165, 1.54) is 24.3 Å². The molecule has 0 unspecified atom stereocenters. The van der Waals surface area contributed by atoms with Gasteiger partial charge in [-0.05, 0) is 72.8 Å². The molecule has 0 saturated carbocycles. The van der Waals surface area contributed by atoms with E-state index in [0.29, 0.717) is 16.5 Å². The molecule has 0 heterocycles. The molecule has 0 aliphatic carbocycles. The molecule has 4 rings (SSSR count). The van der Waals surface area contributed by atoms with Gasteiger partial charge in [0.2, 0.25) is 0 Å². The van der Waals surface area contributed by atoms with Gasteiger partial charge >= 0.3 is 0 Å². The van der Waals surface area contributed by atoms with Crippen LogP contribution < -0.4 is 9.47 Å². The Hall–Kier alpha value is -2.99. The van der Waals surface area contributed by atoms with Gasteiger partial charge in [0.1, 0.15) is 23.0 Å². The van der Waals surface area contributed by atoms with Crippen molar-refractivity contribution < 1.29 is 17.9 Å². The van der Waals surface area contributed by atoms with E-state index < -0.39 is 9.05 Å². The molecule has 0 amide bonds. The molecular formula is C24H18Cl2O4S. The first kappa shape index (κ1) is 22.7. The van der Waals surface area contributed by atoms with Gasteiger partial charge in [-0.2, -0.15) is 0 Å². The van der Waals surface area contributed by atoms with Gasteiger partial charge in [-0.3, -0.25) is 0 Å². The first-order valence-electron chi connectivity index (χ1n) is 9.16. The van der Waals surface area contributed by atoms with Gasteiger partial charge in [-0.1, -0.05) is 48.0 Å². The highest BCUT2D eigenvalue weighted by molar-refractivity contribution is 8.13. The maximum absolute atomic E-state index is 11.0. The molecule has 31 heavy (non-hydrogen) atoms. The first-order chi connectivity index (χ1) is 14.9.